The fourth-order valence-corrected chi connectivity index (χ4v) is 2.53. The largest absolute Gasteiger partial charge is 0.481 e. The van der Waals surface area contributed by atoms with E-state index < -0.39 is 5.97 Å². The molecule has 0 aliphatic heterocycles. The fourth-order valence-electron chi connectivity index (χ4n) is 2.53. The minimum Gasteiger partial charge on any atom is -0.481 e. The number of carboxylic acids is 1. The molecular weight excluding hydrogens is 250 g/mol. The van der Waals surface area contributed by atoms with Crippen LogP contribution in [0.15, 0.2) is 30.3 Å². The minimum absolute atomic E-state index is 0.0322. The number of hydrogen-bond donors (Lipinski definition) is 1. The zero-order chi connectivity index (χ0) is 15.0. The zero-order valence-corrected chi connectivity index (χ0v) is 12.9. The number of hydrogen-bond acceptors (Lipinski definition) is 2. The molecule has 0 saturated carbocycles. The number of carbonyl (C=O) groups is 1. The van der Waals surface area contributed by atoms with Crippen molar-refractivity contribution >= 4 is 5.97 Å². The van der Waals surface area contributed by atoms with Crippen LogP contribution in [-0.2, 0) is 4.79 Å². The van der Waals surface area contributed by atoms with Gasteiger partial charge in [-0.2, -0.15) is 0 Å². The molecule has 3 nitrogen and oxygen atoms in total. The van der Waals surface area contributed by atoms with Crippen LogP contribution in [-0.4, -0.2) is 28.6 Å². The van der Waals surface area contributed by atoms with E-state index in [0.29, 0.717) is 6.04 Å². The Morgan fingerprint density at radius 3 is 2.40 bits per heavy atom. The van der Waals surface area contributed by atoms with Crippen LogP contribution in [0, 0.1) is 0 Å². The molecule has 0 amide bonds. The molecule has 2 unspecified atom stereocenters. The summed E-state index contributed by atoms with van der Waals surface area (Å²) in [6.07, 6.45) is 3.43. The van der Waals surface area contributed by atoms with E-state index in [-0.39, 0.29) is 12.5 Å². The summed E-state index contributed by atoms with van der Waals surface area (Å²) in [6.45, 7) is 7.47. The quantitative estimate of drug-likeness (QED) is 0.738. The number of unbranched alkanes of at least 4 members (excludes halogenated alkanes) is 1. The Balaban J connectivity index is 3.00. The molecule has 3 heteroatoms. The minimum atomic E-state index is -0.733. The highest BCUT2D eigenvalue weighted by atomic mass is 16.4. The second kappa shape index (κ2) is 8.75. The van der Waals surface area contributed by atoms with E-state index in [4.69, 9.17) is 0 Å². The second-order valence-corrected chi connectivity index (χ2v) is 5.37. The van der Waals surface area contributed by atoms with Crippen LogP contribution >= 0.6 is 0 Å². The van der Waals surface area contributed by atoms with Gasteiger partial charge in [-0.3, -0.25) is 9.69 Å². The Morgan fingerprint density at radius 2 is 1.90 bits per heavy atom. The fraction of sp³-hybridized carbons (Fsp3) is 0.588. The van der Waals surface area contributed by atoms with Gasteiger partial charge >= 0.3 is 5.97 Å². The Kier molecular flexibility index (Phi) is 7.31. The van der Waals surface area contributed by atoms with Crippen molar-refractivity contribution in [1.82, 2.24) is 4.90 Å². The lowest BCUT2D eigenvalue weighted by Gasteiger charge is -2.36. The van der Waals surface area contributed by atoms with Crippen LogP contribution in [0.4, 0.5) is 0 Å². The maximum atomic E-state index is 11.2. The van der Waals surface area contributed by atoms with Gasteiger partial charge in [0.05, 0.1) is 6.42 Å². The molecule has 0 aromatic heterocycles. The summed E-state index contributed by atoms with van der Waals surface area (Å²) in [6, 6.07) is 10.4. The third-order valence-corrected chi connectivity index (χ3v) is 3.88. The molecule has 1 rings (SSSR count). The third kappa shape index (κ3) is 4.97. The monoisotopic (exact) mass is 277 g/mol. The van der Waals surface area contributed by atoms with Gasteiger partial charge in [0.15, 0.2) is 0 Å². The van der Waals surface area contributed by atoms with Gasteiger partial charge in [-0.05, 0) is 31.9 Å². The van der Waals surface area contributed by atoms with Crippen molar-refractivity contribution in [1.29, 1.82) is 0 Å². The van der Waals surface area contributed by atoms with E-state index in [9.17, 15) is 9.90 Å². The highest BCUT2D eigenvalue weighted by molar-refractivity contribution is 5.68. The first-order valence-corrected chi connectivity index (χ1v) is 7.62. The maximum absolute atomic E-state index is 11.2. The van der Waals surface area contributed by atoms with Gasteiger partial charge in [-0.15, -0.1) is 0 Å². The maximum Gasteiger partial charge on any atom is 0.305 e. The lowest BCUT2D eigenvalue weighted by molar-refractivity contribution is -0.138. The van der Waals surface area contributed by atoms with Crippen molar-refractivity contribution in [2.75, 3.05) is 6.54 Å². The van der Waals surface area contributed by atoms with Gasteiger partial charge in [0.2, 0.25) is 0 Å². The molecule has 20 heavy (non-hydrogen) atoms. The standard InChI is InChI=1S/C17H27NO2/c1-4-6-12-18(14(3)5-2)16(13-17(19)20)15-10-8-7-9-11-15/h7-11,14,16H,4-6,12-13H2,1-3H3,(H,19,20). The summed E-state index contributed by atoms with van der Waals surface area (Å²) in [5.74, 6) is -0.733. The predicted molar refractivity (Wildman–Crippen MR) is 82.8 cm³/mol. The molecular formula is C17H27NO2. The van der Waals surface area contributed by atoms with E-state index in [1.54, 1.807) is 0 Å². The highest BCUT2D eigenvalue weighted by Gasteiger charge is 2.25. The second-order valence-electron chi connectivity index (χ2n) is 5.37. The number of rotatable bonds is 9. The molecule has 2 atom stereocenters. The first-order chi connectivity index (χ1) is 9.60. The lowest BCUT2D eigenvalue weighted by Crippen LogP contribution is -2.38. The molecule has 0 radical (unpaired) electrons. The van der Waals surface area contributed by atoms with Gasteiger partial charge < -0.3 is 5.11 Å². The molecule has 0 bridgehead atoms. The van der Waals surface area contributed by atoms with Crippen molar-refractivity contribution in [3.63, 3.8) is 0 Å². The van der Waals surface area contributed by atoms with Crippen LogP contribution in [0.1, 0.15) is 58.1 Å². The van der Waals surface area contributed by atoms with Crippen LogP contribution in [0.2, 0.25) is 0 Å². The summed E-state index contributed by atoms with van der Waals surface area (Å²) in [5, 5.41) is 9.25. The first kappa shape index (κ1) is 16.7. The average Bonchev–Trinajstić information content (AvgIpc) is 2.46. The zero-order valence-electron chi connectivity index (χ0n) is 12.9. The number of benzene rings is 1. The number of nitrogens with zero attached hydrogens (tertiary/aromatic N) is 1. The molecule has 1 N–H and O–H groups in total. The number of aliphatic carboxylic acids is 1. The summed E-state index contributed by atoms with van der Waals surface area (Å²) >= 11 is 0. The molecule has 0 fully saturated rings. The van der Waals surface area contributed by atoms with Gasteiger partial charge in [0.1, 0.15) is 0 Å². The smallest absolute Gasteiger partial charge is 0.305 e. The molecule has 0 aliphatic rings. The SMILES string of the molecule is CCCCN(C(C)CC)C(CC(=O)O)c1ccccc1. The van der Waals surface area contributed by atoms with Crippen LogP contribution in [0.3, 0.4) is 0 Å². The van der Waals surface area contributed by atoms with E-state index in [1.807, 2.05) is 30.3 Å². The Bertz CT molecular complexity index is 391. The van der Waals surface area contributed by atoms with E-state index in [0.717, 1.165) is 31.4 Å². The van der Waals surface area contributed by atoms with Gasteiger partial charge in [-0.1, -0.05) is 50.6 Å². The Hall–Kier alpha value is -1.35. The van der Waals surface area contributed by atoms with E-state index >= 15 is 0 Å². The highest BCUT2D eigenvalue weighted by Crippen LogP contribution is 2.27. The average molecular weight is 277 g/mol. The third-order valence-electron chi connectivity index (χ3n) is 3.88. The molecule has 0 saturated heterocycles. The van der Waals surface area contributed by atoms with Gasteiger partial charge in [-0.25, -0.2) is 0 Å². The van der Waals surface area contributed by atoms with Crippen LogP contribution < -0.4 is 0 Å². The van der Waals surface area contributed by atoms with Crippen molar-refractivity contribution in [2.45, 2.75) is 58.5 Å². The van der Waals surface area contributed by atoms with Gasteiger partial charge in [0.25, 0.3) is 0 Å². The van der Waals surface area contributed by atoms with E-state index in [2.05, 4.69) is 25.7 Å². The van der Waals surface area contributed by atoms with Crippen LogP contribution in [0.5, 0.6) is 0 Å². The first-order valence-electron chi connectivity index (χ1n) is 7.62. The molecule has 0 aliphatic carbocycles. The van der Waals surface area contributed by atoms with Crippen molar-refractivity contribution < 1.29 is 9.90 Å². The summed E-state index contributed by atoms with van der Waals surface area (Å²) in [7, 11) is 0. The molecule has 0 heterocycles. The van der Waals surface area contributed by atoms with Crippen molar-refractivity contribution in [3.05, 3.63) is 35.9 Å². The number of carboxylic acid groups (broad SMARTS) is 1. The Morgan fingerprint density at radius 1 is 1.25 bits per heavy atom. The topological polar surface area (TPSA) is 40.5 Å². The Labute approximate surface area is 122 Å². The summed E-state index contributed by atoms with van der Waals surface area (Å²) in [5.41, 5.74) is 1.10. The van der Waals surface area contributed by atoms with Gasteiger partial charge in [0, 0.05) is 12.1 Å². The van der Waals surface area contributed by atoms with Crippen molar-refractivity contribution in [3.8, 4) is 0 Å². The molecule has 1 aromatic rings. The normalized spacial score (nSPS) is 14.2. The summed E-state index contributed by atoms with van der Waals surface area (Å²) in [4.78, 5) is 13.6. The predicted octanol–water partition coefficient (Wildman–Crippen LogP) is 4.10. The van der Waals surface area contributed by atoms with E-state index in [1.165, 1.54) is 0 Å². The summed E-state index contributed by atoms with van der Waals surface area (Å²) < 4.78 is 0. The lowest BCUT2D eigenvalue weighted by atomic mass is 9.99. The van der Waals surface area contributed by atoms with Crippen LogP contribution in [0.25, 0.3) is 0 Å². The molecule has 112 valence electrons. The molecule has 1 aromatic carbocycles. The van der Waals surface area contributed by atoms with Crippen molar-refractivity contribution in [2.24, 2.45) is 0 Å². The molecule has 0 spiro atoms.